The topological polar surface area (TPSA) is 28.2 Å². The van der Waals surface area contributed by atoms with E-state index in [0.717, 1.165) is 25.6 Å². The minimum atomic E-state index is 0.735. The van der Waals surface area contributed by atoms with Crippen LogP contribution in [0.15, 0.2) is 6.20 Å². The number of likely N-dealkylation sites (tertiary alicyclic amines) is 1. The molecular weight excluding hydrogens is 230 g/mol. The van der Waals surface area contributed by atoms with Crippen LogP contribution in [-0.2, 0) is 13.0 Å². The summed E-state index contributed by atoms with van der Waals surface area (Å²) in [6, 6.07) is 0.735. The van der Waals surface area contributed by atoms with Gasteiger partial charge in [0.1, 0.15) is 5.01 Å². The number of hydrogen-bond donors (Lipinski definition) is 1. The Labute approximate surface area is 108 Å². The number of aryl methyl sites for hydroxylation is 1. The summed E-state index contributed by atoms with van der Waals surface area (Å²) < 4.78 is 0. The second-order valence-corrected chi connectivity index (χ2v) is 5.88. The molecule has 1 fully saturated rings. The Morgan fingerprint density at radius 2 is 2.18 bits per heavy atom. The smallest absolute Gasteiger partial charge is 0.107 e. The standard InChI is InChI=1S/C13H23N3S/c1-3-12-9-15-13(17-12)10-16-7-5-11(6-8-16)14-4-2/h9,11,14H,3-8,10H2,1-2H3. The summed E-state index contributed by atoms with van der Waals surface area (Å²) >= 11 is 1.87. The van der Waals surface area contributed by atoms with Crippen molar-refractivity contribution >= 4 is 11.3 Å². The summed E-state index contributed by atoms with van der Waals surface area (Å²) in [7, 11) is 0. The fraction of sp³-hybridized carbons (Fsp3) is 0.769. The fourth-order valence-corrected chi connectivity index (χ4v) is 3.26. The largest absolute Gasteiger partial charge is 0.314 e. The van der Waals surface area contributed by atoms with Crippen molar-refractivity contribution in [3.8, 4) is 0 Å². The van der Waals surface area contributed by atoms with E-state index in [2.05, 4.69) is 29.0 Å². The first kappa shape index (κ1) is 13.0. The Bertz CT molecular complexity index is 329. The second-order valence-electron chi connectivity index (χ2n) is 4.68. The van der Waals surface area contributed by atoms with Gasteiger partial charge < -0.3 is 5.32 Å². The third-order valence-electron chi connectivity index (χ3n) is 3.39. The monoisotopic (exact) mass is 253 g/mol. The van der Waals surface area contributed by atoms with Crippen LogP contribution in [0.4, 0.5) is 0 Å². The van der Waals surface area contributed by atoms with Gasteiger partial charge in [0.15, 0.2) is 0 Å². The lowest BCUT2D eigenvalue weighted by Gasteiger charge is -2.31. The molecule has 1 aromatic rings. The van der Waals surface area contributed by atoms with Crippen LogP contribution in [0, 0.1) is 0 Å². The van der Waals surface area contributed by atoms with E-state index in [0.29, 0.717) is 0 Å². The lowest BCUT2D eigenvalue weighted by atomic mass is 10.1. The summed E-state index contributed by atoms with van der Waals surface area (Å²) in [6.07, 6.45) is 5.70. The van der Waals surface area contributed by atoms with Crippen molar-refractivity contribution in [2.45, 2.75) is 45.7 Å². The SMILES string of the molecule is CCNC1CCN(Cc2ncc(CC)s2)CC1. The van der Waals surface area contributed by atoms with Gasteiger partial charge in [0.25, 0.3) is 0 Å². The van der Waals surface area contributed by atoms with Crippen molar-refractivity contribution in [3.05, 3.63) is 16.1 Å². The lowest BCUT2D eigenvalue weighted by molar-refractivity contribution is 0.191. The molecule has 2 heterocycles. The van der Waals surface area contributed by atoms with Crippen molar-refractivity contribution in [1.29, 1.82) is 0 Å². The third kappa shape index (κ3) is 3.76. The molecule has 1 N–H and O–H groups in total. The fourth-order valence-electron chi connectivity index (χ4n) is 2.36. The van der Waals surface area contributed by atoms with Gasteiger partial charge in [-0.25, -0.2) is 4.98 Å². The molecule has 0 unspecified atom stereocenters. The summed E-state index contributed by atoms with van der Waals surface area (Å²) in [5.74, 6) is 0. The highest BCUT2D eigenvalue weighted by molar-refractivity contribution is 7.11. The predicted molar refractivity (Wildman–Crippen MR) is 73.5 cm³/mol. The summed E-state index contributed by atoms with van der Waals surface area (Å²) in [5, 5.41) is 4.82. The van der Waals surface area contributed by atoms with Crippen LogP contribution in [-0.4, -0.2) is 35.6 Å². The highest BCUT2D eigenvalue weighted by atomic mass is 32.1. The molecule has 3 nitrogen and oxygen atoms in total. The predicted octanol–water partition coefficient (Wildman–Crippen LogP) is 2.28. The average molecular weight is 253 g/mol. The van der Waals surface area contributed by atoms with Crippen molar-refractivity contribution in [1.82, 2.24) is 15.2 Å². The van der Waals surface area contributed by atoms with Crippen molar-refractivity contribution in [2.24, 2.45) is 0 Å². The van der Waals surface area contributed by atoms with Crippen LogP contribution in [0.1, 0.15) is 36.6 Å². The first-order valence-corrected chi connectivity index (χ1v) is 7.52. The van der Waals surface area contributed by atoms with Crippen LogP contribution < -0.4 is 5.32 Å². The molecule has 1 aliphatic heterocycles. The number of rotatable bonds is 5. The zero-order valence-corrected chi connectivity index (χ0v) is 11.7. The van der Waals surface area contributed by atoms with E-state index in [1.807, 2.05) is 17.5 Å². The molecule has 1 saturated heterocycles. The maximum Gasteiger partial charge on any atom is 0.107 e. The molecule has 0 amide bonds. The molecule has 0 saturated carbocycles. The summed E-state index contributed by atoms with van der Waals surface area (Å²) in [4.78, 5) is 8.44. The molecule has 1 aliphatic rings. The number of aromatic nitrogens is 1. The van der Waals surface area contributed by atoms with E-state index in [4.69, 9.17) is 0 Å². The number of nitrogens with one attached hydrogen (secondary N) is 1. The van der Waals surface area contributed by atoms with Crippen molar-refractivity contribution in [2.75, 3.05) is 19.6 Å². The molecule has 4 heteroatoms. The normalized spacial score (nSPS) is 18.7. The van der Waals surface area contributed by atoms with Crippen molar-refractivity contribution < 1.29 is 0 Å². The number of piperidine rings is 1. The molecule has 1 aromatic heterocycles. The molecule has 0 spiro atoms. The van der Waals surface area contributed by atoms with E-state index < -0.39 is 0 Å². The zero-order valence-electron chi connectivity index (χ0n) is 10.9. The van der Waals surface area contributed by atoms with Gasteiger partial charge in [-0.2, -0.15) is 0 Å². The second kappa shape index (κ2) is 6.47. The number of nitrogens with zero attached hydrogens (tertiary/aromatic N) is 2. The van der Waals surface area contributed by atoms with Gasteiger partial charge in [-0.1, -0.05) is 13.8 Å². The Morgan fingerprint density at radius 3 is 2.76 bits per heavy atom. The highest BCUT2D eigenvalue weighted by Gasteiger charge is 2.18. The molecular formula is C13H23N3S. The zero-order chi connectivity index (χ0) is 12.1. The van der Waals surface area contributed by atoms with E-state index in [9.17, 15) is 0 Å². The van der Waals surface area contributed by atoms with Crippen LogP contribution in [0.5, 0.6) is 0 Å². The Balaban J connectivity index is 1.77. The van der Waals surface area contributed by atoms with Gasteiger partial charge in [0, 0.05) is 30.2 Å². The molecule has 0 radical (unpaired) electrons. The van der Waals surface area contributed by atoms with Crippen molar-refractivity contribution in [3.63, 3.8) is 0 Å². The van der Waals surface area contributed by atoms with Gasteiger partial charge in [-0.3, -0.25) is 4.90 Å². The Hall–Kier alpha value is -0.450. The molecule has 96 valence electrons. The maximum absolute atomic E-state index is 4.50. The number of hydrogen-bond acceptors (Lipinski definition) is 4. The van der Waals surface area contributed by atoms with Gasteiger partial charge >= 0.3 is 0 Å². The lowest BCUT2D eigenvalue weighted by Crippen LogP contribution is -2.42. The van der Waals surface area contributed by atoms with Crippen LogP contribution in [0.3, 0.4) is 0 Å². The summed E-state index contributed by atoms with van der Waals surface area (Å²) in [5.41, 5.74) is 0. The first-order chi connectivity index (χ1) is 8.31. The van der Waals surface area contributed by atoms with Crippen LogP contribution in [0.25, 0.3) is 0 Å². The van der Waals surface area contributed by atoms with Gasteiger partial charge in [0.2, 0.25) is 0 Å². The third-order valence-corrected chi connectivity index (χ3v) is 4.52. The van der Waals surface area contributed by atoms with Gasteiger partial charge in [0.05, 0.1) is 6.54 Å². The van der Waals surface area contributed by atoms with E-state index in [-0.39, 0.29) is 0 Å². The highest BCUT2D eigenvalue weighted by Crippen LogP contribution is 2.18. The minimum absolute atomic E-state index is 0.735. The first-order valence-electron chi connectivity index (χ1n) is 6.71. The molecule has 0 atom stereocenters. The quantitative estimate of drug-likeness (QED) is 0.872. The van der Waals surface area contributed by atoms with Gasteiger partial charge in [-0.15, -0.1) is 11.3 Å². The number of thiazole rings is 1. The Kier molecular flexibility index (Phi) is 4.95. The average Bonchev–Trinajstić information content (AvgIpc) is 2.80. The van der Waals surface area contributed by atoms with Crippen LogP contribution in [0.2, 0.25) is 0 Å². The van der Waals surface area contributed by atoms with Gasteiger partial charge in [-0.05, 0) is 25.8 Å². The molecule has 0 aromatic carbocycles. The molecule has 17 heavy (non-hydrogen) atoms. The summed E-state index contributed by atoms with van der Waals surface area (Å²) in [6.45, 7) is 8.94. The van der Waals surface area contributed by atoms with E-state index in [1.165, 1.54) is 35.8 Å². The van der Waals surface area contributed by atoms with E-state index in [1.54, 1.807) is 0 Å². The van der Waals surface area contributed by atoms with Crippen LogP contribution >= 0.6 is 11.3 Å². The molecule has 0 aliphatic carbocycles. The maximum atomic E-state index is 4.50. The minimum Gasteiger partial charge on any atom is -0.314 e. The molecule has 2 rings (SSSR count). The Morgan fingerprint density at radius 1 is 1.41 bits per heavy atom. The van der Waals surface area contributed by atoms with E-state index >= 15 is 0 Å². The molecule has 0 bridgehead atoms.